The van der Waals surface area contributed by atoms with Gasteiger partial charge < -0.3 is 15.2 Å². The molecule has 1 unspecified atom stereocenters. The summed E-state index contributed by atoms with van der Waals surface area (Å²) in [5, 5.41) is 0. The normalized spacial score (nSPS) is 11.9. The number of para-hydroxylation sites is 1. The zero-order chi connectivity index (χ0) is 13.4. The van der Waals surface area contributed by atoms with Crippen LogP contribution in [0.2, 0.25) is 0 Å². The highest BCUT2D eigenvalue weighted by molar-refractivity contribution is 5.47. The van der Waals surface area contributed by atoms with Crippen LogP contribution in [-0.4, -0.2) is 19.3 Å². The number of rotatable bonds is 8. The van der Waals surface area contributed by atoms with Gasteiger partial charge in [-0.15, -0.1) is 6.58 Å². The molecule has 0 bridgehead atoms. The minimum Gasteiger partial charge on any atom is -0.490 e. The van der Waals surface area contributed by atoms with Crippen LogP contribution in [0.4, 0.5) is 0 Å². The van der Waals surface area contributed by atoms with Crippen LogP contribution < -0.4 is 15.2 Å². The second-order valence-electron chi connectivity index (χ2n) is 4.28. The Bertz CT molecular complexity index is 375. The summed E-state index contributed by atoms with van der Waals surface area (Å²) < 4.78 is 11.4. The highest BCUT2D eigenvalue weighted by atomic mass is 16.5. The van der Waals surface area contributed by atoms with E-state index in [2.05, 4.69) is 6.58 Å². The van der Waals surface area contributed by atoms with Gasteiger partial charge in [0.15, 0.2) is 11.5 Å². The van der Waals surface area contributed by atoms with Crippen LogP contribution in [0, 0.1) is 0 Å². The van der Waals surface area contributed by atoms with Crippen molar-refractivity contribution < 1.29 is 9.47 Å². The van der Waals surface area contributed by atoms with E-state index in [9.17, 15) is 0 Å². The van der Waals surface area contributed by atoms with Crippen LogP contribution in [-0.2, 0) is 6.42 Å². The molecule has 1 aromatic rings. The van der Waals surface area contributed by atoms with E-state index in [-0.39, 0.29) is 6.04 Å². The molecule has 0 aromatic heterocycles. The first-order valence-electron chi connectivity index (χ1n) is 6.43. The third kappa shape index (κ3) is 4.41. The Morgan fingerprint density at radius 2 is 2.17 bits per heavy atom. The maximum Gasteiger partial charge on any atom is 0.164 e. The van der Waals surface area contributed by atoms with E-state index < -0.39 is 0 Å². The Labute approximate surface area is 110 Å². The molecule has 0 radical (unpaired) electrons. The van der Waals surface area contributed by atoms with Gasteiger partial charge in [-0.2, -0.15) is 0 Å². The molecule has 0 saturated heterocycles. The zero-order valence-corrected chi connectivity index (χ0v) is 11.3. The molecule has 1 rings (SSSR count). The Morgan fingerprint density at radius 1 is 1.39 bits per heavy atom. The van der Waals surface area contributed by atoms with Crippen molar-refractivity contribution in [1.29, 1.82) is 0 Å². The van der Waals surface area contributed by atoms with Gasteiger partial charge in [0.05, 0.1) is 13.2 Å². The third-order valence-electron chi connectivity index (χ3n) is 2.47. The van der Waals surface area contributed by atoms with Crippen LogP contribution in [0.15, 0.2) is 30.9 Å². The second kappa shape index (κ2) is 7.77. The lowest BCUT2D eigenvalue weighted by molar-refractivity contribution is 0.278. The maximum absolute atomic E-state index is 5.86. The summed E-state index contributed by atoms with van der Waals surface area (Å²) in [4.78, 5) is 0. The Balaban J connectivity index is 2.92. The molecule has 100 valence electrons. The number of ether oxygens (including phenoxy) is 2. The standard InChI is InChI=1S/C15H23NO2/c1-4-6-10-18-15-13(11-12(3)16)8-7-9-14(15)17-5-2/h4,7-9,12H,1,5-6,10-11,16H2,2-3H3. The van der Waals surface area contributed by atoms with E-state index in [0.29, 0.717) is 13.2 Å². The average Bonchev–Trinajstić information content (AvgIpc) is 2.32. The summed E-state index contributed by atoms with van der Waals surface area (Å²) in [6, 6.07) is 6.04. The molecule has 3 heteroatoms. The molecule has 0 aliphatic rings. The average molecular weight is 249 g/mol. The van der Waals surface area contributed by atoms with Gasteiger partial charge in [0.2, 0.25) is 0 Å². The van der Waals surface area contributed by atoms with Gasteiger partial charge in [-0.25, -0.2) is 0 Å². The first kappa shape index (κ1) is 14.6. The summed E-state index contributed by atoms with van der Waals surface area (Å²) in [6.45, 7) is 8.88. The third-order valence-corrected chi connectivity index (χ3v) is 2.47. The smallest absolute Gasteiger partial charge is 0.164 e. The van der Waals surface area contributed by atoms with Gasteiger partial charge in [0.25, 0.3) is 0 Å². The molecule has 1 atom stereocenters. The maximum atomic E-state index is 5.86. The highest BCUT2D eigenvalue weighted by Gasteiger charge is 2.12. The molecule has 0 heterocycles. The first-order chi connectivity index (χ1) is 8.69. The fraction of sp³-hybridized carbons (Fsp3) is 0.467. The Hall–Kier alpha value is -1.48. The minimum absolute atomic E-state index is 0.101. The molecule has 18 heavy (non-hydrogen) atoms. The van der Waals surface area contributed by atoms with Gasteiger partial charge in [-0.05, 0) is 38.3 Å². The molecule has 0 spiro atoms. The number of benzene rings is 1. The van der Waals surface area contributed by atoms with E-state index in [1.54, 1.807) is 0 Å². The van der Waals surface area contributed by atoms with E-state index >= 15 is 0 Å². The van der Waals surface area contributed by atoms with Crippen molar-refractivity contribution in [3.05, 3.63) is 36.4 Å². The van der Waals surface area contributed by atoms with Crippen LogP contribution in [0.5, 0.6) is 11.5 Å². The number of hydrogen-bond acceptors (Lipinski definition) is 3. The van der Waals surface area contributed by atoms with Crippen molar-refractivity contribution in [2.45, 2.75) is 32.7 Å². The zero-order valence-electron chi connectivity index (χ0n) is 11.3. The lowest BCUT2D eigenvalue weighted by atomic mass is 10.1. The van der Waals surface area contributed by atoms with Crippen LogP contribution >= 0.6 is 0 Å². The Kier molecular flexibility index (Phi) is 6.29. The van der Waals surface area contributed by atoms with E-state index in [1.165, 1.54) is 0 Å². The summed E-state index contributed by atoms with van der Waals surface area (Å²) >= 11 is 0. The van der Waals surface area contributed by atoms with Crippen molar-refractivity contribution in [2.24, 2.45) is 5.73 Å². The largest absolute Gasteiger partial charge is 0.490 e. The van der Waals surface area contributed by atoms with Gasteiger partial charge in [0.1, 0.15) is 0 Å². The van der Waals surface area contributed by atoms with Crippen molar-refractivity contribution in [2.75, 3.05) is 13.2 Å². The molecule has 0 aliphatic heterocycles. The molecule has 3 nitrogen and oxygen atoms in total. The molecular formula is C15H23NO2. The number of nitrogens with two attached hydrogens (primary N) is 1. The molecule has 0 fully saturated rings. The van der Waals surface area contributed by atoms with Crippen molar-refractivity contribution in [3.8, 4) is 11.5 Å². The lowest BCUT2D eigenvalue weighted by Gasteiger charge is -2.16. The van der Waals surface area contributed by atoms with Gasteiger partial charge >= 0.3 is 0 Å². The fourth-order valence-electron chi connectivity index (χ4n) is 1.75. The summed E-state index contributed by atoms with van der Waals surface area (Å²) in [5.74, 6) is 1.61. The molecule has 0 amide bonds. The van der Waals surface area contributed by atoms with Crippen LogP contribution in [0.1, 0.15) is 25.8 Å². The molecule has 0 saturated carbocycles. The predicted molar refractivity (Wildman–Crippen MR) is 75.3 cm³/mol. The van der Waals surface area contributed by atoms with E-state index in [4.69, 9.17) is 15.2 Å². The minimum atomic E-state index is 0.101. The van der Waals surface area contributed by atoms with Crippen molar-refractivity contribution in [3.63, 3.8) is 0 Å². The second-order valence-corrected chi connectivity index (χ2v) is 4.28. The Morgan fingerprint density at radius 3 is 2.78 bits per heavy atom. The quantitative estimate of drug-likeness (QED) is 0.569. The van der Waals surface area contributed by atoms with Crippen molar-refractivity contribution in [1.82, 2.24) is 0 Å². The summed E-state index contributed by atoms with van der Waals surface area (Å²) in [5.41, 5.74) is 6.96. The topological polar surface area (TPSA) is 44.5 Å². The molecular weight excluding hydrogens is 226 g/mol. The summed E-state index contributed by atoms with van der Waals surface area (Å²) in [7, 11) is 0. The molecule has 0 aliphatic carbocycles. The lowest BCUT2D eigenvalue weighted by Crippen LogP contribution is -2.18. The van der Waals surface area contributed by atoms with Gasteiger partial charge in [-0.3, -0.25) is 0 Å². The van der Waals surface area contributed by atoms with Crippen molar-refractivity contribution >= 4 is 0 Å². The monoisotopic (exact) mass is 249 g/mol. The van der Waals surface area contributed by atoms with Crippen LogP contribution in [0.3, 0.4) is 0 Å². The highest BCUT2D eigenvalue weighted by Crippen LogP contribution is 2.32. The van der Waals surface area contributed by atoms with Gasteiger partial charge in [0, 0.05) is 6.04 Å². The van der Waals surface area contributed by atoms with E-state index in [1.807, 2.05) is 38.1 Å². The molecule has 2 N–H and O–H groups in total. The number of hydrogen-bond donors (Lipinski definition) is 1. The predicted octanol–water partition coefficient (Wildman–Crippen LogP) is 2.93. The van der Waals surface area contributed by atoms with Crippen LogP contribution in [0.25, 0.3) is 0 Å². The molecule has 1 aromatic carbocycles. The first-order valence-corrected chi connectivity index (χ1v) is 6.43. The fourth-order valence-corrected chi connectivity index (χ4v) is 1.75. The summed E-state index contributed by atoms with van der Waals surface area (Å²) in [6.07, 6.45) is 3.44. The SMILES string of the molecule is C=CCCOc1c(CC(C)N)cccc1OCC. The van der Waals surface area contributed by atoms with E-state index in [0.717, 1.165) is 29.9 Å². The van der Waals surface area contributed by atoms with Gasteiger partial charge in [-0.1, -0.05) is 18.2 Å².